The van der Waals surface area contributed by atoms with E-state index in [2.05, 4.69) is 5.32 Å². The molecule has 0 aromatic rings. The normalized spacial score (nSPS) is 38.5. The summed E-state index contributed by atoms with van der Waals surface area (Å²) in [5.74, 6) is -0.983. The van der Waals surface area contributed by atoms with Crippen LogP contribution in [0, 0.1) is 20.9 Å². The number of piperidine rings is 1. The van der Waals surface area contributed by atoms with E-state index in [0.29, 0.717) is 25.8 Å². The fourth-order valence-corrected chi connectivity index (χ4v) is 4.08. The smallest absolute Gasteiger partial charge is 0.351 e. The van der Waals surface area contributed by atoms with E-state index in [1.54, 1.807) is 0 Å². The maximum absolute atomic E-state index is 12.9. The van der Waals surface area contributed by atoms with Gasteiger partial charge in [0.1, 0.15) is 11.8 Å². The van der Waals surface area contributed by atoms with Crippen molar-refractivity contribution in [1.82, 2.24) is 5.32 Å². The van der Waals surface area contributed by atoms with Crippen LogP contribution in [-0.4, -0.2) is 35.1 Å². The highest BCUT2D eigenvalue weighted by atomic mass is 16.6. The molecule has 0 spiro atoms. The summed E-state index contributed by atoms with van der Waals surface area (Å²) in [6, 6.07) is 0. The molecule has 2 aliphatic heterocycles. The topological polar surface area (TPSA) is 108 Å². The average molecular weight is 338 g/mol. The van der Waals surface area contributed by atoms with Gasteiger partial charge in [-0.15, -0.1) is 0 Å². The molecule has 0 unspecified atom stereocenters. The maximum atomic E-state index is 12.9. The Kier molecular flexibility index (Phi) is 3.62. The number of hydrogen-bond donors (Lipinski definition) is 1. The third-order valence-corrected chi connectivity index (χ3v) is 6.23. The Labute approximate surface area is 139 Å². The fraction of sp³-hybridized carbons (Fsp3) is 0.750. The van der Waals surface area contributed by atoms with E-state index in [1.165, 1.54) is 0 Å². The molecule has 0 aromatic heterocycles. The zero-order valence-corrected chi connectivity index (χ0v) is 14.1. The van der Waals surface area contributed by atoms with Gasteiger partial charge < -0.3 is 14.8 Å². The molecule has 3 aliphatic rings. The Hall–Kier alpha value is -2.12. The zero-order chi connectivity index (χ0) is 17.8. The van der Waals surface area contributed by atoms with Crippen LogP contribution in [0.4, 0.5) is 0 Å². The number of esters is 2. The van der Waals surface area contributed by atoms with Crippen LogP contribution in [0.15, 0.2) is 11.9 Å². The van der Waals surface area contributed by atoms with Crippen LogP contribution in [0.25, 0.3) is 0 Å². The minimum absolute atomic E-state index is 0.277. The molecule has 1 N–H and O–H groups in total. The van der Waals surface area contributed by atoms with Gasteiger partial charge in [-0.25, -0.2) is 4.79 Å². The van der Waals surface area contributed by atoms with Crippen LogP contribution in [0.5, 0.6) is 0 Å². The van der Waals surface area contributed by atoms with Gasteiger partial charge in [0, 0.05) is 12.0 Å². The van der Waals surface area contributed by atoms with Crippen molar-refractivity contribution in [2.24, 2.45) is 10.8 Å². The highest BCUT2D eigenvalue weighted by molar-refractivity contribution is 5.93. The molecule has 2 bridgehead atoms. The summed E-state index contributed by atoms with van der Waals surface area (Å²) < 4.78 is 11.1. The number of carbonyl (C=O) groups excluding carboxylic acids is 2. The minimum atomic E-state index is -1.31. The molecular weight excluding hydrogens is 316 g/mol. The molecule has 0 amide bonds. The van der Waals surface area contributed by atoms with E-state index in [-0.39, 0.29) is 11.7 Å². The quantitative estimate of drug-likeness (QED) is 0.472. The van der Waals surface area contributed by atoms with Crippen molar-refractivity contribution < 1.29 is 24.0 Å². The molecule has 1 aliphatic carbocycles. The summed E-state index contributed by atoms with van der Waals surface area (Å²) in [6.45, 7) is 6.10. The van der Waals surface area contributed by atoms with Crippen molar-refractivity contribution in [2.45, 2.75) is 58.2 Å². The van der Waals surface area contributed by atoms with E-state index in [0.717, 1.165) is 12.6 Å². The van der Waals surface area contributed by atoms with E-state index < -0.39 is 33.4 Å². The van der Waals surface area contributed by atoms with E-state index in [1.807, 2.05) is 20.8 Å². The lowest BCUT2D eigenvalue weighted by Crippen LogP contribution is -2.50. The van der Waals surface area contributed by atoms with Crippen molar-refractivity contribution >= 4 is 11.9 Å². The zero-order valence-electron chi connectivity index (χ0n) is 14.1. The third kappa shape index (κ3) is 2.04. The number of ether oxygens (including phenoxy) is 2. The van der Waals surface area contributed by atoms with E-state index >= 15 is 0 Å². The lowest BCUT2D eigenvalue weighted by Gasteiger charge is -2.36. The Balaban J connectivity index is 1.85. The van der Waals surface area contributed by atoms with E-state index in [9.17, 15) is 19.7 Å². The largest absolute Gasteiger partial charge is 0.453 e. The number of rotatable bonds is 3. The Morgan fingerprint density at radius 2 is 2.12 bits per heavy atom. The third-order valence-electron chi connectivity index (χ3n) is 6.23. The number of nitrogens with zero attached hydrogens (tertiary/aromatic N) is 1. The summed E-state index contributed by atoms with van der Waals surface area (Å²) >= 11 is 0. The van der Waals surface area contributed by atoms with Crippen LogP contribution >= 0.6 is 0 Å². The second kappa shape index (κ2) is 5.19. The van der Waals surface area contributed by atoms with Gasteiger partial charge in [0.15, 0.2) is 0 Å². The number of fused-ring (bicyclic) bond motifs is 2. The first kappa shape index (κ1) is 16.7. The van der Waals surface area contributed by atoms with Crippen LogP contribution in [0.2, 0.25) is 0 Å². The maximum Gasteiger partial charge on any atom is 0.351 e. The number of nitrogens with one attached hydrogen (secondary N) is 1. The van der Waals surface area contributed by atoms with Gasteiger partial charge in [0.05, 0.1) is 10.3 Å². The molecule has 8 heteroatoms. The highest BCUT2D eigenvalue weighted by Gasteiger charge is 2.76. The SMILES string of the molecule is CC1(C)[C@]2(C)CC[C@]1(C(=O)O[C@@H]1CCCN/C1=C/[N+](=O)[O-])OC2=O. The summed E-state index contributed by atoms with van der Waals surface area (Å²) in [5, 5.41) is 13.7. The Morgan fingerprint density at radius 3 is 2.67 bits per heavy atom. The second-order valence-electron chi connectivity index (χ2n) is 7.51. The Bertz CT molecular complexity index is 642. The molecule has 1 saturated carbocycles. The lowest BCUT2D eigenvalue weighted by molar-refractivity contribution is -0.404. The number of carbonyl (C=O) groups is 2. The summed E-state index contributed by atoms with van der Waals surface area (Å²) in [4.78, 5) is 35.3. The van der Waals surface area contributed by atoms with Crippen LogP contribution in [-0.2, 0) is 19.1 Å². The monoisotopic (exact) mass is 338 g/mol. The summed E-state index contributed by atoms with van der Waals surface area (Å²) in [6.07, 6.45) is 2.33. The van der Waals surface area contributed by atoms with Crippen LogP contribution in [0.3, 0.4) is 0 Å². The van der Waals surface area contributed by atoms with Gasteiger partial charge in [-0.1, -0.05) is 13.8 Å². The predicted molar refractivity (Wildman–Crippen MR) is 82.1 cm³/mol. The first-order chi connectivity index (χ1) is 11.1. The van der Waals surface area contributed by atoms with Gasteiger partial charge in [-0.05, 0) is 32.6 Å². The molecule has 2 saturated heterocycles. The molecule has 8 nitrogen and oxygen atoms in total. The first-order valence-electron chi connectivity index (χ1n) is 8.18. The molecule has 0 aromatic carbocycles. The number of nitro groups is 1. The predicted octanol–water partition coefficient (Wildman–Crippen LogP) is 1.52. The fourth-order valence-electron chi connectivity index (χ4n) is 4.08. The molecule has 3 rings (SSSR count). The minimum Gasteiger partial charge on any atom is -0.453 e. The van der Waals surface area contributed by atoms with Gasteiger partial charge >= 0.3 is 11.9 Å². The summed E-state index contributed by atoms with van der Waals surface area (Å²) in [5.41, 5.74) is -2.44. The van der Waals surface area contributed by atoms with E-state index in [4.69, 9.17) is 9.47 Å². The van der Waals surface area contributed by atoms with Gasteiger partial charge in [-0.2, -0.15) is 0 Å². The average Bonchev–Trinajstić information content (AvgIpc) is 2.79. The molecule has 3 atom stereocenters. The molecule has 132 valence electrons. The first-order valence-corrected chi connectivity index (χ1v) is 8.18. The molecule has 24 heavy (non-hydrogen) atoms. The van der Waals surface area contributed by atoms with Crippen molar-refractivity contribution in [2.75, 3.05) is 6.54 Å². The molecule has 2 heterocycles. The van der Waals surface area contributed by atoms with Crippen molar-refractivity contribution in [1.29, 1.82) is 0 Å². The molecule has 3 fully saturated rings. The van der Waals surface area contributed by atoms with Crippen LogP contribution in [0.1, 0.15) is 46.5 Å². The molecule has 0 radical (unpaired) electrons. The van der Waals surface area contributed by atoms with Gasteiger partial charge in [0.2, 0.25) is 5.60 Å². The van der Waals surface area contributed by atoms with Crippen molar-refractivity contribution in [3.05, 3.63) is 22.0 Å². The van der Waals surface area contributed by atoms with Gasteiger partial charge in [0.25, 0.3) is 6.20 Å². The highest BCUT2D eigenvalue weighted by Crippen LogP contribution is 2.65. The Morgan fingerprint density at radius 1 is 1.42 bits per heavy atom. The lowest BCUT2D eigenvalue weighted by atomic mass is 9.66. The number of hydrogen-bond acceptors (Lipinski definition) is 7. The van der Waals surface area contributed by atoms with Crippen molar-refractivity contribution in [3.63, 3.8) is 0 Å². The standard InChI is InChI=1S/C16H22N2O6/c1-14(2)15(3)6-7-16(14,24-12(15)19)13(20)23-11-5-4-8-17-10(11)9-18(21)22/h9,11,17H,4-8H2,1-3H3/b10-9+/t11-,15-,16-/m1/s1. The van der Waals surface area contributed by atoms with Crippen molar-refractivity contribution in [3.8, 4) is 0 Å². The second-order valence-corrected chi connectivity index (χ2v) is 7.51. The summed E-state index contributed by atoms with van der Waals surface area (Å²) in [7, 11) is 0. The molecular formula is C16H22N2O6. The van der Waals surface area contributed by atoms with Gasteiger partial charge in [-0.3, -0.25) is 14.9 Å². The van der Waals surface area contributed by atoms with Crippen LogP contribution < -0.4 is 5.32 Å².